The van der Waals surface area contributed by atoms with Crippen molar-refractivity contribution in [1.29, 1.82) is 5.26 Å². The number of hydrogen-bond acceptors (Lipinski definition) is 6. The highest BCUT2D eigenvalue weighted by molar-refractivity contribution is 6.00. The molecule has 0 atom stereocenters. The topological polar surface area (TPSA) is 115 Å². The van der Waals surface area contributed by atoms with E-state index in [0.717, 1.165) is 24.8 Å². The summed E-state index contributed by atoms with van der Waals surface area (Å²) in [5.41, 5.74) is 0.794. The van der Waals surface area contributed by atoms with Gasteiger partial charge in [-0.05, 0) is 75.6 Å². The second-order valence-corrected chi connectivity index (χ2v) is 10.6. The first-order valence-electron chi connectivity index (χ1n) is 12.2. The first-order valence-corrected chi connectivity index (χ1v) is 12.2. The summed E-state index contributed by atoms with van der Waals surface area (Å²) in [7, 11) is 0. The summed E-state index contributed by atoms with van der Waals surface area (Å²) in [5.74, 6) is -0.578. The van der Waals surface area contributed by atoms with Gasteiger partial charge in [-0.1, -0.05) is 0 Å². The Morgan fingerprint density at radius 1 is 1.08 bits per heavy atom. The second kappa shape index (κ2) is 7.96. The van der Waals surface area contributed by atoms with Gasteiger partial charge in [-0.15, -0.1) is 0 Å². The van der Waals surface area contributed by atoms with Crippen LogP contribution in [0.4, 0.5) is 14.5 Å². The lowest BCUT2D eigenvalue weighted by molar-refractivity contribution is -0.0580. The van der Waals surface area contributed by atoms with Gasteiger partial charge < -0.3 is 15.7 Å². The molecule has 36 heavy (non-hydrogen) atoms. The van der Waals surface area contributed by atoms with Crippen LogP contribution in [-0.4, -0.2) is 48.7 Å². The Morgan fingerprint density at radius 2 is 1.81 bits per heavy atom. The molecule has 0 unspecified atom stereocenters. The van der Waals surface area contributed by atoms with E-state index in [1.807, 2.05) is 12.1 Å². The maximum atomic E-state index is 13.5. The lowest BCUT2D eigenvalue weighted by Crippen LogP contribution is -2.54. The molecule has 7 rings (SSSR count). The van der Waals surface area contributed by atoms with E-state index in [9.17, 15) is 18.7 Å². The van der Waals surface area contributed by atoms with Crippen molar-refractivity contribution in [2.45, 2.75) is 74.5 Å². The smallest absolute Gasteiger partial charge is 0.261 e. The molecular weight excluding hydrogens is 466 g/mol. The molecule has 0 aliphatic heterocycles. The number of fused-ring (bicyclic) bond motifs is 4. The molecule has 0 saturated heterocycles. The molecule has 186 valence electrons. The molecule has 4 aliphatic carbocycles. The Kier molecular flexibility index (Phi) is 5.06. The monoisotopic (exact) mass is 492 g/mol. The summed E-state index contributed by atoms with van der Waals surface area (Å²) in [4.78, 5) is 17.7. The zero-order valence-electron chi connectivity index (χ0n) is 19.6. The molecule has 0 spiro atoms. The van der Waals surface area contributed by atoms with Crippen molar-refractivity contribution in [3.8, 4) is 17.5 Å². The van der Waals surface area contributed by atoms with Crippen LogP contribution in [0.5, 0.6) is 0 Å². The Hall–Kier alpha value is -3.58. The maximum Gasteiger partial charge on any atom is 0.261 e. The number of nitrogens with one attached hydrogen (secondary N) is 2. The molecule has 8 nitrogen and oxygen atoms in total. The molecular formula is C26H26F2N6O2. The summed E-state index contributed by atoms with van der Waals surface area (Å²) < 4.78 is 28.7. The third-order valence-corrected chi connectivity index (χ3v) is 8.22. The molecule has 1 amide bonds. The van der Waals surface area contributed by atoms with E-state index in [1.54, 1.807) is 16.6 Å². The number of hydrogen-bond donors (Lipinski definition) is 3. The number of nitriles is 1. The Bertz CT molecular complexity index is 1380. The highest BCUT2D eigenvalue weighted by Crippen LogP contribution is 2.49. The van der Waals surface area contributed by atoms with E-state index in [0.29, 0.717) is 41.9 Å². The van der Waals surface area contributed by atoms with Crippen molar-refractivity contribution in [2.75, 3.05) is 5.32 Å². The minimum Gasteiger partial charge on any atom is -0.390 e. The minimum absolute atomic E-state index is 0.215. The highest BCUT2D eigenvalue weighted by Gasteiger charge is 2.53. The largest absolute Gasteiger partial charge is 0.390 e. The third kappa shape index (κ3) is 3.78. The average molecular weight is 493 g/mol. The molecule has 0 radical (unpaired) electrons. The van der Waals surface area contributed by atoms with Gasteiger partial charge in [0.1, 0.15) is 11.6 Å². The number of aromatic nitrogens is 3. The molecule has 0 aromatic carbocycles. The molecule has 4 fully saturated rings. The fourth-order valence-corrected chi connectivity index (χ4v) is 5.60. The van der Waals surface area contributed by atoms with Crippen LogP contribution < -0.4 is 10.6 Å². The van der Waals surface area contributed by atoms with Gasteiger partial charge in [0.05, 0.1) is 45.5 Å². The van der Waals surface area contributed by atoms with Gasteiger partial charge in [0.15, 0.2) is 0 Å². The van der Waals surface area contributed by atoms with Crippen LogP contribution in [0.25, 0.3) is 16.9 Å². The van der Waals surface area contributed by atoms with Crippen molar-refractivity contribution in [2.24, 2.45) is 0 Å². The maximum absolute atomic E-state index is 13.5. The number of aliphatic hydroxyl groups is 1. The molecule has 4 aliphatic rings. The molecule has 3 aromatic heterocycles. The predicted molar refractivity (Wildman–Crippen MR) is 128 cm³/mol. The van der Waals surface area contributed by atoms with E-state index in [1.165, 1.54) is 12.4 Å². The van der Waals surface area contributed by atoms with E-state index < -0.39 is 23.5 Å². The molecule has 2 bridgehead atoms. The van der Waals surface area contributed by atoms with Gasteiger partial charge >= 0.3 is 0 Å². The van der Waals surface area contributed by atoms with Gasteiger partial charge in [0, 0.05) is 11.7 Å². The fourth-order valence-electron chi connectivity index (χ4n) is 5.60. The summed E-state index contributed by atoms with van der Waals surface area (Å²) >= 11 is 0. The van der Waals surface area contributed by atoms with Gasteiger partial charge in [-0.2, -0.15) is 10.4 Å². The highest BCUT2D eigenvalue weighted by atomic mass is 19.3. The van der Waals surface area contributed by atoms with Crippen LogP contribution in [0.1, 0.15) is 67.3 Å². The van der Waals surface area contributed by atoms with Crippen LogP contribution in [0, 0.1) is 11.3 Å². The molecule has 3 aromatic rings. The van der Waals surface area contributed by atoms with E-state index in [4.69, 9.17) is 5.26 Å². The number of halogens is 2. The van der Waals surface area contributed by atoms with Crippen LogP contribution in [-0.2, 0) is 0 Å². The number of rotatable bonds is 6. The number of carbonyl (C=O) groups is 1. The first kappa shape index (κ1) is 22.9. The van der Waals surface area contributed by atoms with Gasteiger partial charge in [-0.3, -0.25) is 9.78 Å². The Labute approximate surface area is 206 Å². The summed E-state index contributed by atoms with van der Waals surface area (Å²) in [6.07, 6.45) is 5.10. The number of alkyl halides is 2. The van der Waals surface area contributed by atoms with Gasteiger partial charge in [-0.25, -0.2) is 13.3 Å². The predicted octanol–water partition coefficient (Wildman–Crippen LogP) is 4.05. The summed E-state index contributed by atoms with van der Waals surface area (Å²) in [6.45, 7) is 0. The molecule has 3 heterocycles. The van der Waals surface area contributed by atoms with Crippen LogP contribution in [0.15, 0.2) is 36.7 Å². The van der Waals surface area contributed by atoms with Crippen molar-refractivity contribution in [1.82, 2.24) is 19.9 Å². The van der Waals surface area contributed by atoms with Crippen molar-refractivity contribution in [3.63, 3.8) is 0 Å². The standard InChI is InChI=1S/C26H26F2N6O2/c27-23(28)26(9-10-26)33-22(35)18-15-30-20(21-2-1-17-11-16(13-29)14-31-34(17)21)12-19(18)32-24-3-6-25(36,7-4-24)8-5-24/h1-2,11-12,14-15,23,36H,3-10H2,(H,30,32)(H,33,35). The Balaban J connectivity index is 1.38. The van der Waals surface area contributed by atoms with E-state index in [-0.39, 0.29) is 23.9 Å². The average Bonchev–Trinajstić information content (AvgIpc) is 3.54. The van der Waals surface area contributed by atoms with Crippen LogP contribution in [0.3, 0.4) is 0 Å². The fraction of sp³-hybridized carbons (Fsp3) is 0.462. The normalized spacial score (nSPS) is 26.1. The molecule has 3 N–H and O–H groups in total. The zero-order chi connectivity index (χ0) is 25.1. The number of nitrogens with zero attached hydrogens (tertiary/aromatic N) is 4. The van der Waals surface area contributed by atoms with Crippen molar-refractivity contribution in [3.05, 3.63) is 47.8 Å². The van der Waals surface area contributed by atoms with Gasteiger partial charge in [0.2, 0.25) is 0 Å². The lowest BCUT2D eigenvalue weighted by Gasteiger charge is -2.51. The quantitative estimate of drug-likeness (QED) is 0.478. The number of amides is 1. The van der Waals surface area contributed by atoms with Crippen molar-refractivity contribution >= 4 is 17.1 Å². The van der Waals surface area contributed by atoms with Crippen molar-refractivity contribution < 1.29 is 18.7 Å². The van der Waals surface area contributed by atoms with E-state index >= 15 is 0 Å². The zero-order valence-corrected chi connectivity index (χ0v) is 19.6. The summed E-state index contributed by atoms with van der Waals surface area (Å²) in [6, 6.07) is 9.24. The second-order valence-electron chi connectivity index (χ2n) is 10.6. The minimum atomic E-state index is -2.63. The number of anilines is 1. The number of pyridine rings is 1. The third-order valence-electron chi connectivity index (χ3n) is 8.22. The van der Waals surface area contributed by atoms with E-state index in [2.05, 4.69) is 26.8 Å². The number of carbonyl (C=O) groups excluding carboxylic acids is 1. The molecule has 4 saturated carbocycles. The van der Waals surface area contributed by atoms with Crippen LogP contribution in [0.2, 0.25) is 0 Å². The summed E-state index contributed by atoms with van der Waals surface area (Å²) in [5, 5.41) is 30.3. The first-order chi connectivity index (χ1) is 17.2. The Morgan fingerprint density at radius 3 is 2.44 bits per heavy atom. The lowest BCUT2D eigenvalue weighted by atomic mass is 9.63. The van der Waals surface area contributed by atoms with Crippen LogP contribution >= 0.6 is 0 Å². The van der Waals surface area contributed by atoms with Gasteiger partial charge in [0.25, 0.3) is 12.3 Å². The molecule has 10 heteroatoms. The SMILES string of the molecule is N#Cc1cnn2c(-c3cc(NC45CCC(O)(CC4)CC5)c(C(=O)NC4(C(F)F)CC4)cn3)ccc2c1.